The highest BCUT2D eigenvalue weighted by molar-refractivity contribution is 7.17. The lowest BCUT2D eigenvalue weighted by atomic mass is 9.81. The number of aryl methyl sites for hydroxylation is 2. The Morgan fingerprint density at radius 3 is 2.67 bits per heavy atom. The lowest BCUT2D eigenvalue weighted by Gasteiger charge is -2.33. The normalized spacial score (nSPS) is 14.3. The SMILES string of the molecule is Cc1cn2c(CNCC(C)(C)C(O)C(C)C)c(C)nc2s1. The number of aliphatic hydroxyl groups is 1. The molecule has 0 bridgehead atoms. The first-order valence-electron chi connectivity index (χ1n) is 7.55. The monoisotopic (exact) mass is 309 g/mol. The van der Waals surface area contributed by atoms with Crippen LogP contribution in [0.1, 0.15) is 44.0 Å². The first-order valence-corrected chi connectivity index (χ1v) is 8.37. The molecule has 0 aliphatic rings. The highest BCUT2D eigenvalue weighted by Gasteiger charge is 2.29. The van der Waals surface area contributed by atoms with Crippen LogP contribution >= 0.6 is 11.3 Å². The van der Waals surface area contributed by atoms with Crippen molar-refractivity contribution in [1.29, 1.82) is 0 Å². The van der Waals surface area contributed by atoms with Crippen LogP contribution in [0.3, 0.4) is 0 Å². The molecule has 1 atom stereocenters. The van der Waals surface area contributed by atoms with Crippen molar-refractivity contribution in [3.63, 3.8) is 0 Å². The van der Waals surface area contributed by atoms with E-state index in [9.17, 15) is 5.11 Å². The predicted molar refractivity (Wildman–Crippen MR) is 88.9 cm³/mol. The van der Waals surface area contributed by atoms with Gasteiger partial charge in [0.1, 0.15) is 0 Å². The molecule has 2 rings (SSSR count). The fourth-order valence-electron chi connectivity index (χ4n) is 2.83. The van der Waals surface area contributed by atoms with Crippen LogP contribution in [0.5, 0.6) is 0 Å². The van der Waals surface area contributed by atoms with E-state index in [1.54, 1.807) is 11.3 Å². The number of aliphatic hydroxyl groups excluding tert-OH is 1. The topological polar surface area (TPSA) is 49.6 Å². The fraction of sp³-hybridized carbons (Fsp3) is 0.688. The average Bonchev–Trinajstić information content (AvgIpc) is 2.85. The largest absolute Gasteiger partial charge is 0.392 e. The molecule has 4 nitrogen and oxygen atoms in total. The maximum absolute atomic E-state index is 10.3. The summed E-state index contributed by atoms with van der Waals surface area (Å²) in [5.74, 6) is 0.268. The van der Waals surface area contributed by atoms with Gasteiger partial charge in [0.15, 0.2) is 4.96 Å². The summed E-state index contributed by atoms with van der Waals surface area (Å²) in [6.45, 7) is 14.1. The summed E-state index contributed by atoms with van der Waals surface area (Å²) in [5, 5.41) is 13.8. The van der Waals surface area contributed by atoms with Gasteiger partial charge in [-0.05, 0) is 19.8 Å². The second kappa shape index (κ2) is 6.07. The molecule has 2 aromatic heterocycles. The summed E-state index contributed by atoms with van der Waals surface area (Å²) in [7, 11) is 0. The van der Waals surface area contributed by atoms with Crippen LogP contribution in [0.2, 0.25) is 0 Å². The summed E-state index contributed by atoms with van der Waals surface area (Å²) in [6.07, 6.45) is 1.84. The molecule has 0 amide bonds. The van der Waals surface area contributed by atoms with E-state index in [1.807, 2.05) is 0 Å². The second-order valence-corrected chi connectivity index (χ2v) is 8.13. The number of rotatable bonds is 6. The molecule has 2 aromatic rings. The smallest absolute Gasteiger partial charge is 0.194 e. The molecule has 21 heavy (non-hydrogen) atoms. The zero-order chi connectivity index (χ0) is 15.8. The molecular weight excluding hydrogens is 282 g/mol. The first-order chi connectivity index (χ1) is 9.72. The Bertz CT molecular complexity index is 612. The van der Waals surface area contributed by atoms with E-state index in [0.29, 0.717) is 0 Å². The number of hydrogen-bond acceptors (Lipinski definition) is 4. The van der Waals surface area contributed by atoms with Crippen molar-refractivity contribution in [2.45, 2.75) is 54.2 Å². The minimum absolute atomic E-state index is 0.142. The number of imidazole rings is 1. The van der Waals surface area contributed by atoms with Gasteiger partial charge in [0.25, 0.3) is 0 Å². The van der Waals surface area contributed by atoms with E-state index >= 15 is 0 Å². The zero-order valence-corrected chi connectivity index (χ0v) is 14.7. The third kappa shape index (κ3) is 3.47. The van der Waals surface area contributed by atoms with Gasteiger partial charge in [-0.15, -0.1) is 11.3 Å². The standard InChI is InChI=1S/C16H27N3OS/c1-10(2)14(20)16(5,6)9-17-7-13-12(4)18-15-19(13)8-11(3)21-15/h8,10,14,17,20H,7,9H2,1-6H3. The quantitative estimate of drug-likeness (QED) is 0.862. The molecule has 2 heterocycles. The molecule has 5 heteroatoms. The van der Waals surface area contributed by atoms with Crippen molar-refractivity contribution < 1.29 is 5.11 Å². The molecule has 0 aliphatic heterocycles. The van der Waals surface area contributed by atoms with E-state index in [0.717, 1.165) is 23.7 Å². The average molecular weight is 309 g/mol. The molecule has 1 unspecified atom stereocenters. The molecular formula is C16H27N3OS. The molecule has 0 aliphatic carbocycles. The van der Waals surface area contributed by atoms with Crippen LogP contribution in [-0.4, -0.2) is 27.1 Å². The Balaban J connectivity index is 2.03. The van der Waals surface area contributed by atoms with Gasteiger partial charge >= 0.3 is 0 Å². The Morgan fingerprint density at radius 2 is 2.05 bits per heavy atom. The van der Waals surface area contributed by atoms with Crippen LogP contribution in [0.15, 0.2) is 6.20 Å². The Hall–Kier alpha value is -0.910. The van der Waals surface area contributed by atoms with Crippen LogP contribution in [-0.2, 0) is 6.54 Å². The third-order valence-electron chi connectivity index (χ3n) is 4.05. The van der Waals surface area contributed by atoms with Crippen molar-refractivity contribution in [2.75, 3.05) is 6.54 Å². The van der Waals surface area contributed by atoms with Crippen LogP contribution < -0.4 is 5.32 Å². The van der Waals surface area contributed by atoms with E-state index in [1.165, 1.54) is 10.6 Å². The van der Waals surface area contributed by atoms with E-state index in [2.05, 4.69) is 62.4 Å². The van der Waals surface area contributed by atoms with E-state index < -0.39 is 0 Å². The lowest BCUT2D eigenvalue weighted by Crippen LogP contribution is -2.41. The first kappa shape index (κ1) is 16.5. The van der Waals surface area contributed by atoms with Gasteiger partial charge < -0.3 is 10.4 Å². The van der Waals surface area contributed by atoms with E-state index in [-0.39, 0.29) is 17.4 Å². The van der Waals surface area contributed by atoms with Gasteiger partial charge in [-0.3, -0.25) is 4.40 Å². The van der Waals surface area contributed by atoms with Gasteiger partial charge in [-0.1, -0.05) is 27.7 Å². The molecule has 0 saturated carbocycles. The summed E-state index contributed by atoms with van der Waals surface area (Å²) in [4.78, 5) is 6.94. The van der Waals surface area contributed by atoms with Gasteiger partial charge in [-0.2, -0.15) is 0 Å². The summed E-state index contributed by atoms with van der Waals surface area (Å²) in [5.41, 5.74) is 2.15. The van der Waals surface area contributed by atoms with Crippen molar-refractivity contribution in [3.8, 4) is 0 Å². The van der Waals surface area contributed by atoms with Crippen LogP contribution in [0, 0.1) is 25.2 Å². The number of nitrogens with zero attached hydrogens (tertiary/aromatic N) is 2. The molecule has 0 radical (unpaired) electrons. The van der Waals surface area contributed by atoms with Crippen molar-refractivity contribution in [2.24, 2.45) is 11.3 Å². The maximum Gasteiger partial charge on any atom is 0.194 e. The highest BCUT2D eigenvalue weighted by Crippen LogP contribution is 2.25. The lowest BCUT2D eigenvalue weighted by molar-refractivity contribution is 0.0134. The van der Waals surface area contributed by atoms with Gasteiger partial charge in [0, 0.05) is 29.6 Å². The maximum atomic E-state index is 10.3. The Labute approximate surface area is 131 Å². The van der Waals surface area contributed by atoms with Crippen molar-refractivity contribution in [3.05, 3.63) is 22.5 Å². The van der Waals surface area contributed by atoms with E-state index in [4.69, 9.17) is 0 Å². The van der Waals surface area contributed by atoms with Gasteiger partial charge in [-0.25, -0.2) is 4.98 Å². The molecule has 0 saturated heterocycles. The highest BCUT2D eigenvalue weighted by atomic mass is 32.1. The molecule has 118 valence electrons. The number of fused-ring (bicyclic) bond motifs is 1. The van der Waals surface area contributed by atoms with Gasteiger partial charge in [0.2, 0.25) is 0 Å². The summed E-state index contributed by atoms with van der Waals surface area (Å²) >= 11 is 1.72. The number of nitrogens with one attached hydrogen (secondary N) is 1. The summed E-state index contributed by atoms with van der Waals surface area (Å²) < 4.78 is 2.17. The van der Waals surface area contributed by atoms with Crippen molar-refractivity contribution in [1.82, 2.24) is 14.7 Å². The minimum Gasteiger partial charge on any atom is -0.392 e. The molecule has 0 spiro atoms. The number of hydrogen-bond donors (Lipinski definition) is 2. The number of thiazole rings is 1. The molecule has 0 fully saturated rings. The third-order valence-corrected chi connectivity index (χ3v) is 4.94. The van der Waals surface area contributed by atoms with Gasteiger partial charge in [0.05, 0.1) is 17.5 Å². The summed E-state index contributed by atoms with van der Waals surface area (Å²) in [6, 6.07) is 0. The predicted octanol–water partition coefficient (Wildman–Crippen LogP) is 3.15. The van der Waals surface area contributed by atoms with Crippen molar-refractivity contribution >= 4 is 16.3 Å². The molecule has 2 N–H and O–H groups in total. The minimum atomic E-state index is -0.306. The Morgan fingerprint density at radius 1 is 1.38 bits per heavy atom. The zero-order valence-electron chi connectivity index (χ0n) is 13.9. The fourth-order valence-corrected chi connectivity index (χ4v) is 3.72. The Kier molecular flexibility index (Phi) is 4.76. The molecule has 0 aromatic carbocycles. The second-order valence-electron chi connectivity index (χ2n) is 6.92. The van der Waals surface area contributed by atoms with Crippen LogP contribution in [0.25, 0.3) is 4.96 Å². The number of aromatic nitrogens is 2. The van der Waals surface area contributed by atoms with Crippen LogP contribution in [0.4, 0.5) is 0 Å².